The minimum atomic E-state index is -0.893. The van der Waals surface area contributed by atoms with Gasteiger partial charge in [-0.1, -0.05) is 73.6 Å². The fourth-order valence-corrected chi connectivity index (χ4v) is 5.41. The largest absolute Gasteiger partial charge is 0.379 e. The summed E-state index contributed by atoms with van der Waals surface area (Å²) in [6.45, 7) is 14.4. The topological polar surface area (TPSA) is 114 Å². The first-order valence-electron chi connectivity index (χ1n) is 14.3. The zero-order valence-corrected chi connectivity index (χ0v) is 27.9. The van der Waals surface area contributed by atoms with E-state index in [0.717, 1.165) is 38.4 Å². The van der Waals surface area contributed by atoms with E-state index < -0.39 is 5.41 Å². The van der Waals surface area contributed by atoms with E-state index in [9.17, 15) is 9.59 Å². The average Bonchev–Trinajstić information content (AvgIpc) is 3.44. The summed E-state index contributed by atoms with van der Waals surface area (Å²) in [4.78, 5) is 27.7. The zero-order valence-electron chi connectivity index (χ0n) is 25.5. The van der Waals surface area contributed by atoms with Gasteiger partial charge in [-0.2, -0.15) is 4.68 Å². The van der Waals surface area contributed by atoms with Crippen LogP contribution in [0.15, 0.2) is 41.6 Å². The molecule has 0 spiro atoms. The minimum Gasteiger partial charge on any atom is -0.379 e. The predicted molar refractivity (Wildman–Crippen MR) is 175 cm³/mol. The minimum absolute atomic E-state index is 0.0464. The number of carbonyl (C=O) groups is 2. The van der Waals surface area contributed by atoms with Gasteiger partial charge in [-0.15, -0.1) is 5.10 Å². The average molecular weight is 659 g/mol. The second kappa shape index (κ2) is 14.8. The van der Waals surface area contributed by atoms with Gasteiger partial charge in [0.2, 0.25) is 17.0 Å². The van der Waals surface area contributed by atoms with Crippen LogP contribution in [-0.2, 0) is 19.7 Å². The van der Waals surface area contributed by atoms with Crippen molar-refractivity contribution in [1.82, 2.24) is 30.4 Å². The molecule has 13 heteroatoms. The highest BCUT2D eigenvalue weighted by Gasteiger charge is 2.25. The Kier molecular flexibility index (Phi) is 11.3. The monoisotopic (exact) mass is 657 g/mol. The van der Waals surface area contributed by atoms with E-state index in [4.69, 9.17) is 27.9 Å². The molecule has 2 heterocycles. The summed E-state index contributed by atoms with van der Waals surface area (Å²) in [6.07, 6.45) is 0. The van der Waals surface area contributed by atoms with Gasteiger partial charge in [0.15, 0.2) is 0 Å². The van der Waals surface area contributed by atoms with Crippen molar-refractivity contribution < 1.29 is 14.3 Å². The SMILES string of the molecule is CC(C)(C#Cc1ccc(NC(=O)CSc2nnnn2-c2ccc(C(C)(C)C)cc2Cl)c(Cl)c1)C(=O)NCCN1CCOCC1. The number of benzene rings is 2. The van der Waals surface area contributed by atoms with Crippen molar-refractivity contribution in [2.75, 3.05) is 50.5 Å². The number of rotatable bonds is 9. The van der Waals surface area contributed by atoms with Crippen molar-refractivity contribution in [3.05, 3.63) is 57.6 Å². The Labute approximate surface area is 272 Å². The van der Waals surface area contributed by atoms with Crippen molar-refractivity contribution >= 4 is 52.5 Å². The van der Waals surface area contributed by atoms with Crippen LogP contribution in [0.5, 0.6) is 0 Å². The molecule has 1 aliphatic heterocycles. The van der Waals surface area contributed by atoms with Crippen LogP contribution in [0.4, 0.5) is 5.69 Å². The third kappa shape index (κ3) is 9.19. The van der Waals surface area contributed by atoms with Crippen molar-refractivity contribution in [2.24, 2.45) is 5.41 Å². The molecule has 44 heavy (non-hydrogen) atoms. The Balaban J connectivity index is 1.31. The molecule has 2 amide bonds. The van der Waals surface area contributed by atoms with Gasteiger partial charge in [0.1, 0.15) is 5.41 Å². The van der Waals surface area contributed by atoms with Gasteiger partial charge >= 0.3 is 0 Å². The summed E-state index contributed by atoms with van der Waals surface area (Å²) >= 11 is 14.2. The molecular formula is C31H37Cl2N7O3S. The standard InChI is InChI=1S/C31H37Cl2N7O3S/c1-30(2,3)22-7-9-26(24(33)19-22)40-29(36-37-38-40)44-20-27(41)35-25-8-6-21(18-23(25)32)10-11-31(4,5)28(42)34-12-13-39-14-16-43-17-15-39/h6-9,18-19H,12-17,20H2,1-5H3,(H,34,42)(H,35,41). The normalized spacial score (nSPS) is 14.1. The number of ether oxygens (including phenoxy) is 1. The number of nitrogens with one attached hydrogen (secondary N) is 2. The summed E-state index contributed by atoms with van der Waals surface area (Å²) in [5.41, 5.74) is 1.84. The number of amides is 2. The molecule has 1 aromatic heterocycles. The molecule has 1 aliphatic rings. The number of carbonyl (C=O) groups excluding carboxylic acids is 2. The lowest BCUT2D eigenvalue weighted by molar-refractivity contribution is -0.126. The summed E-state index contributed by atoms with van der Waals surface area (Å²) in [5.74, 6) is 5.70. The fraction of sp³-hybridized carbons (Fsp3) is 0.452. The summed E-state index contributed by atoms with van der Waals surface area (Å²) in [6, 6.07) is 10.9. The second-order valence-corrected chi connectivity index (χ2v) is 13.7. The third-order valence-electron chi connectivity index (χ3n) is 6.96. The lowest BCUT2D eigenvalue weighted by atomic mass is 9.87. The number of aromatic nitrogens is 4. The molecular weight excluding hydrogens is 621 g/mol. The van der Waals surface area contributed by atoms with Crippen LogP contribution in [0.25, 0.3) is 5.69 Å². The Bertz CT molecular complexity index is 1550. The van der Waals surface area contributed by atoms with Crippen LogP contribution in [0, 0.1) is 17.3 Å². The summed E-state index contributed by atoms with van der Waals surface area (Å²) in [5, 5.41) is 18.9. The molecule has 0 atom stereocenters. The van der Waals surface area contributed by atoms with Gasteiger partial charge in [-0.05, 0) is 65.6 Å². The van der Waals surface area contributed by atoms with Gasteiger partial charge in [0.25, 0.3) is 0 Å². The molecule has 4 rings (SSSR count). The second-order valence-electron chi connectivity index (χ2n) is 11.9. The Morgan fingerprint density at radius 2 is 1.80 bits per heavy atom. The number of morpholine rings is 1. The number of anilines is 1. The highest BCUT2D eigenvalue weighted by atomic mass is 35.5. The molecule has 1 fully saturated rings. The van der Waals surface area contributed by atoms with E-state index in [-0.39, 0.29) is 23.0 Å². The maximum Gasteiger partial charge on any atom is 0.237 e. The molecule has 10 nitrogen and oxygen atoms in total. The first kappa shape index (κ1) is 33.7. The van der Waals surface area contributed by atoms with Crippen LogP contribution in [-0.4, -0.2) is 82.1 Å². The van der Waals surface area contributed by atoms with E-state index in [1.54, 1.807) is 32.0 Å². The van der Waals surface area contributed by atoms with Gasteiger partial charge in [-0.25, -0.2) is 0 Å². The molecule has 3 aromatic rings. The van der Waals surface area contributed by atoms with Gasteiger partial charge < -0.3 is 15.4 Å². The van der Waals surface area contributed by atoms with Crippen LogP contribution >= 0.6 is 35.0 Å². The van der Waals surface area contributed by atoms with E-state index in [0.29, 0.717) is 38.7 Å². The number of nitrogens with zero attached hydrogens (tertiary/aromatic N) is 5. The Morgan fingerprint density at radius 3 is 2.48 bits per heavy atom. The molecule has 0 bridgehead atoms. The van der Waals surface area contributed by atoms with E-state index in [1.165, 1.54) is 16.4 Å². The van der Waals surface area contributed by atoms with Crippen LogP contribution < -0.4 is 10.6 Å². The lowest BCUT2D eigenvalue weighted by Crippen LogP contribution is -2.43. The maximum absolute atomic E-state index is 12.8. The number of hydrogen-bond donors (Lipinski definition) is 2. The fourth-order valence-electron chi connectivity index (χ4n) is 4.23. The Hall–Kier alpha value is -3.14. The number of halogens is 2. The first-order chi connectivity index (χ1) is 20.8. The van der Waals surface area contributed by atoms with Crippen molar-refractivity contribution in [1.29, 1.82) is 0 Å². The van der Waals surface area contributed by atoms with E-state index in [2.05, 4.69) is 63.7 Å². The van der Waals surface area contributed by atoms with Crippen molar-refractivity contribution in [3.63, 3.8) is 0 Å². The van der Waals surface area contributed by atoms with Gasteiger partial charge in [0.05, 0.1) is 40.4 Å². The molecule has 0 unspecified atom stereocenters. The molecule has 0 radical (unpaired) electrons. The van der Waals surface area contributed by atoms with Crippen molar-refractivity contribution in [2.45, 2.75) is 45.2 Å². The third-order valence-corrected chi connectivity index (χ3v) is 8.50. The summed E-state index contributed by atoms with van der Waals surface area (Å²) < 4.78 is 6.87. The Morgan fingerprint density at radius 1 is 1.05 bits per heavy atom. The highest BCUT2D eigenvalue weighted by Crippen LogP contribution is 2.30. The van der Waals surface area contributed by atoms with Crippen LogP contribution in [0.3, 0.4) is 0 Å². The highest BCUT2D eigenvalue weighted by molar-refractivity contribution is 7.99. The lowest BCUT2D eigenvalue weighted by Gasteiger charge is -2.27. The molecule has 234 valence electrons. The maximum atomic E-state index is 12.8. The smallest absolute Gasteiger partial charge is 0.237 e. The number of hydrogen-bond acceptors (Lipinski definition) is 8. The predicted octanol–water partition coefficient (Wildman–Crippen LogP) is 4.82. The first-order valence-corrected chi connectivity index (χ1v) is 16.0. The van der Waals surface area contributed by atoms with E-state index in [1.807, 2.05) is 18.2 Å². The molecule has 0 aliphatic carbocycles. The van der Waals surface area contributed by atoms with Crippen LogP contribution in [0.2, 0.25) is 10.0 Å². The van der Waals surface area contributed by atoms with Gasteiger partial charge in [-0.3, -0.25) is 14.5 Å². The van der Waals surface area contributed by atoms with Crippen molar-refractivity contribution in [3.8, 4) is 17.5 Å². The molecule has 1 saturated heterocycles. The zero-order chi connectivity index (χ0) is 31.9. The molecule has 0 saturated carbocycles. The van der Waals surface area contributed by atoms with Crippen LogP contribution in [0.1, 0.15) is 45.7 Å². The van der Waals surface area contributed by atoms with Gasteiger partial charge in [0, 0.05) is 31.7 Å². The molecule has 2 aromatic carbocycles. The summed E-state index contributed by atoms with van der Waals surface area (Å²) in [7, 11) is 0. The molecule has 2 N–H and O–H groups in total. The van der Waals surface area contributed by atoms with E-state index >= 15 is 0 Å². The number of tetrazole rings is 1. The quantitative estimate of drug-likeness (QED) is 0.249. The number of thioether (sulfide) groups is 1.